The minimum atomic E-state index is 1.05. The van der Waals surface area contributed by atoms with E-state index in [1.165, 1.54) is 65.4 Å². The van der Waals surface area contributed by atoms with Gasteiger partial charge in [0.05, 0.1) is 0 Å². The SMILES string of the molecule is CCN1CCN(CNCN2CCN(CC)CC2)CC1. The molecular weight excluding hydrogens is 238 g/mol. The highest BCUT2D eigenvalue weighted by atomic mass is 15.3. The molecule has 5 nitrogen and oxygen atoms in total. The Hall–Kier alpha value is -0.200. The predicted molar refractivity (Wildman–Crippen MR) is 80.2 cm³/mol. The topological polar surface area (TPSA) is 25.0 Å². The van der Waals surface area contributed by atoms with Crippen LogP contribution in [-0.4, -0.2) is 98.4 Å². The van der Waals surface area contributed by atoms with E-state index in [4.69, 9.17) is 0 Å². The molecule has 112 valence electrons. The summed E-state index contributed by atoms with van der Waals surface area (Å²) >= 11 is 0. The molecule has 0 aromatic rings. The third-order valence-corrected chi connectivity index (χ3v) is 4.50. The summed E-state index contributed by atoms with van der Waals surface area (Å²) in [5.74, 6) is 0. The molecule has 19 heavy (non-hydrogen) atoms. The van der Waals surface area contributed by atoms with Gasteiger partial charge in [0.25, 0.3) is 0 Å². The molecule has 2 aliphatic rings. The predicted octanol–water partition coefficient (Wildman–Crippen LogP) is -0.234. The number of nitrogens with zero attached hydrogens (tertiary/aromatic N) is 4. The van der Waals surface area contributed by atoms with E-state index in [1.807, 2.05) is 0 Å². The first-order valence-corrected chi connectivity index (χ1v) is 7.92. The first-order valence-electron chi connectivity index (χ1n) is 7.92. The summed E-state index contributed by atoms with van der Waals surface area (Å²) in [6, 6.07) is 0. The number of likely N-dealkylation sites (N-methyl/N-ethyl adjacent to an activating group) is 2. The van der Waals surface area contributed by atoms with Gasteiger partial charge in [-0.05, 0) is 13.1 Å². The molecule has 2 fully saturated rings. The highest BCUT2D eigenvalue weighted by Gasteiger charge is 2.17. The highest BCUT2D eigenvalue weighted by Crippen LogP contribution is 2.01. The highest BCUT2D eigenvalue weighted by molar-refractivity contribution is 4.72. The third-order valence-electron chi connectivity index (χ3n) is 4.50. The van der Waals surface area contributed by atoms with Crippen molar-refractivity contribution in [2.45, 2.75) is 13.8 Å². The number of hydrogen-bond acceptors (Lipinski definition) is 5. The van der Waals surface area contributed by atoms with Crippen LogP contribution in [0.5, 0.6) is 0 Å². The maximum Gasteiger partial charge on any atom is 0.0491 e. The summed E-state index contributed by atoms with van der Waals surface area (Å²) in [5, 5.41) is 3.61. The molecule has 5 heteroatoms. The molecule has 0 aromatic heterocycles. The fourth-order valence-electron chi connectivity index (χ4n) is 2.89. The molecule has 0 bridgehead atoms. The molecule has 0 unspecified atom stereocenters. The van der Waals surface area contributed by atoms with Crippen LogP contribution in [-0.2, 0) is 0 Å². The molecule has 0 amide bonds. The van der Waals surface area contributed by atoms with E-state index in [1.54, 1.807) is 0 Å². The molecular formula is C14H31N5. The van der Waals surface area contributed by atoms with Crippen LogP contribution in [0.4, 0.5) is 0 Å². The van der Waals surface area contributed by atoms with Gasteiger partial charge in [-0.25, -0.2) is 0 Å². The molecule has 2 saturated heterocycles. The Balaban J connectivity index is 1.53. The third kappa shape index (κ3) is 5.00. The van der Waals surface area contributed by atoms with Crippen LogP contribution < -0.4 is 5.32 Å². The van der Waals surface area contributed by atoms with Crippen LogP contribution >= 0.6 is 0 Å². The second-order valence-corrected chi connectivity index (χ2v) is 5.67. The van der Waals surface area contributed by atoms with Crippen LogP contribution in [0.25, 0.3) is 0 Å². The Kier molecular flexibility index (Phi) is 6.53. The van der Waals surface area contributed by atoms with Crippen molar-refractivity contribution in [3.63, 3.8) is 0 Å². The largest absolute Gasteiger partial charge is 0.301 e. The Bertz CT molecular complexity index is 208. The van der Waals surface area contributed by atoms with Gasteiger partial charge < -0.3 is 9.80 Å². The summed E-state index contributed by atoms with van der Waals surface area (Å²) in [6.07, 6.45) is 0. The number of hydrogen-bond donors (Lipinski definition) is 1. The van der Waals surface area contributed by atoms with Crippen LogP contribution in [0.3, 0.4) is 0 Å². The first-order chi connectivity index (χ1) is 9.31. The monoisotopic (exact) mass is 269 g/mol. The van der Waals surface area contributed by atoms with E-state index in [0.717, 1.165) is 13.3 Å². The Morgan fingerprint density at radius 2 is 0.895 bits per heavy atom. The maximum atomic E-state index is 3.61. The van der Waals surface area contributed by atoms with Gasteiger partial charge in [-0.15, -0.1) is 0 Å². The Morgan fingerprint density at radius 1 is 0.579 bits per heavy atom. The second kappa shape index (κ2) is 8.17. The van der Waals surface area contributed by atoms with Crippen LogP contribution in [0.1, 0.15) is 13.8 Å². The van der Waals surface area contributed by atoms with Gasteiger partial charge in [0.1, 0.15) is 0 Å². The molecule has 2 heterocycles. The maximum absolute atomic E-state index is 3.61. The van der Waals surface area contributed by atoms with E-state index >= 15 is 0 Å². The zero-order valence-corrected chi connectivity index (χ0v) is 12.8. The van der Waals surface area contributed by atoms with Gasteiger partial charge in [0.15, 0.2) is 0 Å². The van der Waals surface area contributed by atoms with Crippen molar-refractivity contribution in [1.82, 2.24) is 24.9 Å². The van der Waals surface area contributed by atoms with Crippen LogP contribution in [0, 0.1) is 0 Å². The normalized spacial score (nSPS) is 24.9. The molecule has 0 aliphatic carbocycles. The van der Waals surface area contributed by atoms with Gasteiger partial charge in [-0.2, -0.15) is 0 Å². The Labute approximate surface area is 118 Å². The second-order valence-electron chi connectivity index (χ2n) is 5.67. The van der Waals surface area contributed by atoms with E-state index in [-0.39, 0.29) is 0 Å². The fraction of sp³-hybridized carbons (Fsp3) is 1.00. The van der Waals surface area contributed by atoms with Gasteiger partial charge in [-0.3, -0.25) is 15.1 Å². The molecule has 2 aliphatic heterocycles. The van der Waals surface area contributed by atoms with Crippen molar-refractivity contribution in [2.24, 2.45) is 0 Å². The molecule has 1 N–H and O–H groups in total. The standard InChI is InChI=1S/C14H31N5/c1-3-16-5-9-18(10-6-16)13-15-14-19-11-7-17(4-2)8-12-19/h15H,3-14H2,1-2H3. The quantitative estimate of drug-likeness (QED) is 0.718. The van der Waals surface area contributed by atoms with Crippen LogP contribution in [0.2, 0.25) is 0 Å². The van der Waals surface area contributed by atoms with Gasteiger partial charge in [-0.1, -0.05) is 13.8 Å². The van der Waals surface area contributed by atoms with E-state index < -0.39 is 0 Å². The van der Waals surface area contributed by atoms with Crippen molar-refractivity contribution in [3.05, 3.63) is 0 Å². The number of nitrogens with one attached hydrogen (secondary N) is 1. The van der Waals surface area contributed by atoms with Crippen molar-refractivity contribution >= 4 is 0 Å². The van der Waals surface area contributed by atoms with Gasteiger partial charge in [0.2, 0.25) is 0 Å². The molecule has 0 saturated carbocycles. The number of rotatable bonds is 6. The minimum Gasteiger partial charge on any atom is -0.301 e. The molecule has 0 spiro atoms. The van der Waals surface area contributed by atoms with E-state index in [2.05, 4.69) is 38.8 Å². The summed E-state index contributed by atoms with van der Waals surface area (Å²) in [6.45, 7) is 18.8. The summed E-state index contributed by atoms with van der Waals surface area (Å²) in [5.41, 5.74) is 0. The number of piperazine rings is 2. The summed E-state index contributed by atoms with van der Waals surface area (Å²) in [7, 11) is 0. The lowest BCUT2D eigenvalue weighted by molar-refractivity contribution is 0.102. The van der Waals surface area contributed by atoms with Gasteiger partial charge >= 0.3 is 0 Å². The zero-order chi connectivity index (χ0) is 13.5. The molecule has 2 rings (SSSR count). The Morgan fingerprint density at radius 3 is 1.21 bits per heavy atom. The van der Waals surface area contributed by atoms with E-state index in [0.29, 0.717) is 0 Å². The van der Waals surface area contributed by atoms with Crippen LogP contribution in [0.15, 0.2) is 0 Å². The summed E-state index contributed by atoms with van der Waals surface area (Å²) < 4.78 is 0. The fourth-order valence-corrected chi connectivity index (χ4v) is 2.89. The molecule has 0 atom stereocenters. The smallest absolute Gasteiger partial charge is 0.0491 e. The van der Waals surface area contributed by atoms with Crippen molar-refractivity contribution in [2.75, 3.05) is 78.8 Å². The van der Waals surface area contributed by atoms with Crippen molar-refractivity contribution < 1.29 is 0 Å². The van der Waals surface area contributed by atoms with Crippen molar-refractivity contribution in [3.8, 4) is 0 Å². The lowest BCUT2D eigenvalue weighted by atomic mass is 10.3. The first kappa shape index (κ1) is 15.2. The zero-order valence-electron chi connectivity index (χ0n) is 12.8. The summed E-state index contributed by atoms with van der Waals surface area (Å²) in [4.78, 5) is 10.1. The van der Waals surface area contributed by atoms with E-state index in [9.17, 15) is 0 Å². The molecule has 0 aromatic carbocycles. The minimum absolute atomic E-state index is 1.05. The van der Waals surface area contributed by atoms with Gasteiger partial charge in [0, 0.05) is 65.7 Å². The lowest BCUT2D eigenvalue weighted by Crippen LogP contribution is -2.52. The average Bonchev–Trinajstić information content (AvgIpc) is 2.49. The molecule has 0 radical (unpaired) electrons. The van der Waals surface area contributed by atoms with Crippen molar-refractivity contribution in [1.29, 1.82) is 0 Å². The lowest BCUT2D eigenvalue weighted by Gasteiger charge is -2.36. The average molecular weight is 269 g/mol.